The number of benzene rings is 1. The Morgan fingerprint density at radius 2 is 1.64 bits per heavy atom. The number of hydrogen-bond donors (Lipinski definition) is 2. The molecular weight excluding hydrogens is 384 g/mol. The molecule has 0 aliphatic heterocycles. The molecule has 1 amide bonds. The highest BCUT2D eigenvalue weighted by Crippen LogP contribution is 2.30. The number of amides is 1. The fourth-order valence-corrected chi connectivity index (χ4v) is 4.48. The van der Waals surface area contributed by atoms with Gasteiger partial charge >= 0.3 is 6.09 Å². The van der Waals surface area contributed by atoms with E-state index in [0.717, 1.165) is 12.8 Å². The number of ether oxygens (including phenoxy) is 3. The molecule has 0 heterocycles. The van der Waals surface area contributed by atoms with Crippen molar-refractivity contribution in [3.05, 3.63) is 18.2 Å². The van der Waals surface area contributed by atoms with E-state index in [0.29, 0.717) is 24.3 Å². The minimum Gasteiger partial charge on any atom is -0.493 e. The maximum atomic E-state index is 12.9. The van der Waals surface area contributed by atoms with Crippen molar-refractivity contribution in [1.29, 1.82) is 0 Å². The lowest BCUT2D eigenvalue weighted by Crippen LogP contribution is -2.53. The van der Waals surface area contributed by atoms with Gasteiger partial charge in [-0.3, -0.25) is 0 Å². The van der Waals surface area contributed by atoms with Gasteiger partial charge in [-0.1, -0.05) is 12.8 Å². The quantitative estimate of drug-likeness (QED) is 0.742. The van der Waals surface area contributed by atoms with Crippen molar-refractivity contribution in [3.8, 4) is 11.5 Å². The molecule has 1 aliphatic carbocycles. The number of carbonyl (C=O) groups excluding carboxylic acids is 1. The Labute approximate surface area is 167 Å². The SMILES string of the molecule is COc1ccc(S(=O)(=O)NC2CCCCC2NC(=O)OC(C)(C)C)cc1OC. The smallest absolute Gasteiger partial charge is 0.407 e. The molecule has 9 heteroatoms. The van der Waals surface area contributed by atoms with E-state index in [9.17, 15) is 13.2 Å². The molecule has 0 saturated heterocycles. The van der Waals surface area contributed by atoms with E-state index < -0.39 is 27.8 Å². The molecule has 1 aromatic carbocycles. The third kappa shape index (κ3) is 6.00. The lowest BCUT2D eigenvalue weighted by Gasteiger charge is -2.33. The van der Waals surface area contributed by atoms with Gasteiger partial charge in [-0.05, 0) is 45.7 Å². The number of methoxy groups -OCH3 is 2. The summed E-state index contributed by atoms with van der Waals surface area (Å²) < 4.78 is 44.1. The van der Waals surface area contributed by atoms with Gasteiger partial charge < -0.3 is 19.5 Å². The van der Waals surface area contributed by atoms with Crippen LogP contribution in [0.5, 0.6) is 11.5 Å². The van der Waals surface area contributed by atoms with Crippen LogP contribution in [-0.2, 0) is 14.8 Å². The first-order valence-electron chi connectivity index (χ1n) is 9.29. The Morgan fingerprint density at radius 1 is 1.04 bits per heavy atom. The second kappa shape index (κ2) is 9.00. The van der Waals surface area contributed by atoms with Crippen molar-refractivity contribution in [1.82, 2.24) is 10.0 Å². The molecule has 1 aliphatic rings. The van der Waals surface area contributed by atoms with E-state index in [-0.39, 0.29) is 10.9 Å². The summed E-state index contributed by atoms with van der Waals surface area (Å²) >= 11 is 0. The van der Waals surface area contributed by atoms with Gasteiger partial charge in [0.25, 0.3) is 0 Å². The predicted molar refractivity (Wildman–Crippen MR) is 105 cm³/mol. The summed E-state index contributed by atoms with van der Waals surface area (Å²) in [4.78, 5) is 12.2. The average Bonchev–Trinajstić information content (AvgIpc) is 2.61. The van der Waals surface area contributed by atoms with E-state index in [4.69, 9.17) is 14.2 Å². The Balaban J connectivity index is 2.15. The predicted octanol–water partition coefficient (Wildman–Crippen LogP) is 2.82. The molecule has 1 saturated carbocycles. The largest absolute Gasteiger partial charge is 0.493 e. The summed E-state index contributed by atoms with van der Waals surface area (Å²) in [6, 6.07) is 3.67. The monoisotopic (exact) mass is 414 g/mol. The van der Waals surface area contributed by atoms with E-state index in [1.165, 1.54) is 26.4 Å². The summed E-state index contributed by atoms with van der Waals surface area (Å²) in [7, 11) is -0.866. The topological polar surface area (TPSA) is 103 Å². The maximum absolute atomic E-state index is 12.9. The van der Waals surface area contributed by atoms with Crippen LogP contribution in [0.3, 0.4) is 0 Å². The van der Waals surface area contributed by atoms with E-state index in [2.05, 4.69) is 10.0 Å². The lowest BCUT2D eigenvalue weighted by atomic mass is 9.91. The first-order chi connectivity index (χ1) is 13.1. The highest BCUT2D eigenvalue weighted by atomic mass is 32.2. The third-order valence-corrected chi connectivity index (χ3v) is 5.93. The summed E-state index contributed by atoms with van der Waals surface area (Å²) in [6.45, 7) is 5.35. The lowest BCUT2D eigenvalue weighted by molar-refractivity contribution is 0.0483. The first-order valence-corrected chi connectivity index (χ1v) is 10.8. The molecular formula is C19H30N2O6S. The van der Waals surface area contributed by atoms with Gasteiger partial charge in [0, 0.05) is 18.2 Å². The zero-order valence-electron chi connectivity index (χ0n) is 17.1. The molecule has 1 aromatic rings. The number of nitrogens with one attached hydrogen (secondary N) is 2. The van der Waals surface area contributed by atoms with Gasteiger partial charge in [0.2, 0.25) is 10.0 Å². The summed E-state index contributed by atoms with van der Waals surface area (Å²) in [5, 5.41) is 2.81. The first kappa shape index (κ1) is 22.3. The van der Waals surface area contributed by atoms with E-state index in [1.54, 1.807) is 26.8 Å². The van der Waals surface area contributed by atoms with Gasteiger partial charge in [-0.15, -0.1) is 0 Å². The van der Waals surface area contributed by atoms with Crippen LogP contribution in [-0.4, -0.2) is 46.4 Å². The van der Waals surface area contributed by atoms with Crippen LogP contribution in [0.1, 0.15) is 46.5 Å². The fraction of sp³-hybridized carbons (Fsp3) is 0.632. The minimum atomic E-state index is -3.80. The van der Waals surface area contributed by atoms with Crippen molar-refractivity contribution in [2.45, 2.75) is 69.0 Å². The van der Waals surface area contributed by atoms with Crippen LogP contribution in [0.25, 0.3) is 0 Å². The molecule has 0 radical (unpaired) electrons. The van der Waals surface area contributed by atoms with Crippen LogP contribution in [0.15, 0.2) is 23.1 Å². The molecule has 2 rings (SSSR count). The Morgan fingerprint density at radius 3 is 2.21 bits per heavy atom. The van der Waals surface area contributed by atoms with Crippen molar-refractivity contribution >= 4 is 16.1 Å². The van der Waals surface area contributed by atoms with Crippen LogP contribution >= 0.6 is 0 Å². The average molecular weight is 415 g/mol. The van der Waals surface area contributed by atoms with Gasteiger partial charge in [0.15, 0.2) is 11.5 Å². The zero-order valence-corrected chi connectivity index (χ0v) is 17.9. The van der Waals surface area contributed by atoms with Crippen molar-refractivity contribution in [2.75, 3.05) is 14.2 Å². The molecule has 0 aromatic heterocycles. The Hall–Kier alpha value is -2.00. The number of alkyl carbamates (subject to hydrolysis) is 1. The number of rotatable bonds is 6. The van der Waals surface area contributed by atoms with Gasteiger partial charge in [-0.2, -0.15) is 0 Å². The van der Waals surface area contributed by atoms with Crippen LogP contribution in [0.4, 0.5) is 4.79 Å². The second-order valence-corrected chi connectivity index (χ2v) is 9.50. The standard InChI is InChI=1S/C19H30N2O6S/c1-19(2,3)27-18(22)20-14-8-6-7-9-15(14)21-28(23,24)13-10-11-16(25-4)17(12-13)26-5/h10-12,14-15,21H,6-9H2,1-5H3,(H,20,22). The molecule has 0 bridgehead atoms. The summed E-state index contributed by atoms with van der Waals surface area (Å²) in [6.07, 6.45) is 2.56. The normalized spacial score (nSPS) is 20.3. The van der Waals surface area contributed by atoms with E-state index in [1.807, 2.05) is 0 Å². The fourth-order valence-electron chi connectivity index (χ4n) is 3.15. The Bertz CT molecular complexity index is 788. The van der Waals surface area contributed by atoms with Gasteiger partial charge in [-0.25, -0.2) is 17.9 Å². The van der Waals surface area contributed by atoms with Crippen LogP contribution in [0, 0.1) is 0 Å². The molecule has 8 nitrogen and oxygen atoms in total. The molecule has 2 atom stereocenters. The third-order valence-electron chi connectivity index (χ3n) is 4.44. The van der Waals surface area contributed by atoms with Crippen LogP contribution in [0.2, 0.25) is 0 Å². The minimum absolute atomic E-state index is 0.0757. The summed E-state index contributed by atoms with van der Waals surface area (Å²) in [5.74, 6) is 0.779. The van der Waals surface area contributed by atoms with Crippen molar-refractivity contribution in [3.63, 3.8) is 0 Å². The second-order valence-electron chi connectivity index (χ2n) is 7.78. The highest BCUT2D eigenvalue weighted by molar-refractivity contribution is 7.89. The van der Waals surface area contributed by atoms with Gasteiger partial charge in [0.1, 0.15) is 5.60 Å². The van der Waals surface area contributed by atoms with Crippen molar-refractivity contribution in [2.24, 2.45) is 0 Å². The number of hydrogen-bond acceptors (Lipinski definition) is 6. The molecule has 2 N–H and O–H groups in total. The molecule has 0 spiro atoms. The van der Waals surface area contributed by atoms with E-state index >= 15 is 0 Å². The number of sulfonamides is 1. The molecule has 28 heavy (non-hydrogen) atoms. The van der Waals surface area contributed by atoms with Gasteiger partial charge in [0.05, 0.1) is 19.1 Å². The van der Waals surface area contributed by atoms with Crippen molar-refractivity contribution < 1.29 is 27.4 Å². The zero-order chi connectivity index (χ0) is 20.9. The van der Waals surface area contributed by atoms with Crippen LogP contribution < -0.4 is 19.5 Å². The maximum Gasteiger partial charge on any atom is 0.407 e. The molecule has 1 fully saturated rings. The number of carbonyl (C=O) groups is 1. The molecule has 2 unspecified atom stereocenters. The molecule has 158 valence electrons. The summed E-state index contributed by atoms with van der Waals surface area (Å²) in [5.41, 5.74) is -0.618. The highest BCUT2D eigenvalue weighted by Gasteiger charge is 2.32. The Kier molecular flexibility index (Phi) is 7.16.